The van der Waals surface area contributed by atoms with Crippen molar-refractivity contribution in [1.29, 1.82) is 10.5 Å². The maximum Gasteiger partial charge on any atom is 0.336 e. The molecule has 2 aliphatic heterocycles. The number of nitrogen functional groups attached to an aromatic ring is 2. The molecule has 0 saturated carbocycles. The highest BCUT2D eigenvalue weighted by Crippen LogP contribution is 2.38. The molecule has 0 atom stereocenters. The van der Waals surface area contributed by atoms with E-state index in [1.807, 2.05) is 39.0 Å². The van der Waals surface area contributed by atoms with Crippen LogP contribution in [0.25, 0.3) is 0 Å². The third-order valence-electron chi connectivity index (χ3n) is 9.99. The Morgan fingerprint density at radius 2 is 1.07 bits per heavy atom. The molecular weight excluding hydrogens is 687 g/mol. The summed E-state index contributed by atoms with van der Waals surface area (Å²) < 4.78 is 29.8. The molecular formula is C43H50F2N6O3. The molecule has 6 rings (SSSR count). The molecule has 0 bridgehead atoms. The van der Waals surface area contributed by atoms with Crippen molar-refractivity contribution in [1.82, 2.24) is 10.2 Å². The van der Waals surface area contributed by atoms with Crippen LogP contribution in [0.4, 0.5) is 20.2 Å². The number of likely N-dealkylation sites (tertiary alicyclic amines) is 1. The van der Waals surface area contributed by atoms with Crippen molar-refractivity contribution in [3.63, 3.8) is 0 Å². The topological polar surface area (TPSA) is 169 Å². The van der Waals surface area contributed by atoms with Gasteiger partial charge in [0.2, 0.25) is 0 Å². The lowest BCUT2D eigenvalue weighted by Crippen LogP contribution is -2.43. The number of carbonyl (C=O) groups excluding carboxylic acids is 1. The summed E-state index contributed by atoms with van der Waals surface area (Å²) in [7, 11) is 0. The summed E-state index contributed by atoms with van der Waals surface area (Å²) in [5, 5.41) is 29.4. The number of nitriles is 2. The van der Waals surface area contributed by atoms with Gasteiger partial charge >= 0.3 is 5.97 Å². The molecule has 0 radical (unpaired) electrons. The van der Waals surface area contributed by atoms with Gasteiger partial charge in [-0.2, -0.15) is 10.5 Å². The van der Waals surface area contributed by atoms with E-state index in [0.717, 1.165) is 35.3 Å². The summed E-state index contributed by atoms with van der Waals surface area (Å²) in [6.07, 6.45) is 1.51. The minimum absolute atomic E-state index is 0. The first-order chi connectivity index (χ1) is 25.1. The molecule has 2 heterocycles. The average Bonchev–Trinajstić information content (AvgIpc) is 3.15. The molecule has 4 aromatic rings. The molecule has 2 aliphatic rings. The number of aromatic carboxylic acids is 1. The molecule has 0 aromatic heterocycles. The van der Waals surface area contributed by atoms with E-state index in [0.29, 0.717) is 65.1 Å². The van der Waals surface area contributed by atoms with Crippen molar-refractivity contribution in [2.45, 2.75) is 72.1 Å². The monoisotopic (exact) mass is 736 g/mol. The largest absolute Gasteiger partial charge is 0.478 e. The first kappa shape index (κ1) is 42.6. The van der Waals surface area contributed by atoms with Gasteiger partial charge in [0.15, 0.2) is 0 Å². The molecule has 6 N–H and O–H groups in total. The number of halogens is 2. The molecule has 0 aliphatic carbocycles. The van der Waals surface area contributed by atoms with E-state index in [1.54, 1.807) is 72.5 Å². The molecule has 2 fully saturated rings. The van der Waals surface area contributed by atoms with E-state index in [-0.39, 0.29) is 31.7 Å². The second-order valence-electron chi connectivity index (χ2n) is 13.7. The Bertz CT molecular complexity index is 2020. The molecule has 54 heavy (non-hydrogen) atoms. The van der Waals surface area contributed by atoms with Gasteiger partial charge in [-0.3, -0.25) is 4.79 Å². The Hall–Kier alpha value is -5.78. The van der Waals surface area contributed by atoms with E-state index < -0.39 is 17.3 Å². The molecule has 284 valence electrons. The van der Waals surface area contributed by atoms with Crippen LogP contribution in [0, 0.1) is 50.4 Å². The average molecular weight is 737 g/mol. The lowest BCUT2D eigenvalue weighted by atomic mass is 9.85. The summed E-state index contributed by atoms with van der Waals surface area (Å²) in [5.41, 5.74) is 16.7. The summed E-state index contributed by atoms with van der Waals surface area (Å²) in [4.78, 5) is 25.1. The molecule has 9 nitrogen and oxygen atoms in total. The summed E-state index contributed by atoms with van der Waals surface area (Å²) in [6.45, 7) is 9.55. The highest BCUT2D eigenvalue weighted by molar-refractivity contribution is 5.97. The SMILES string of the molecule is C.Cc1cc(C)c(C(=O)N2CCC(F)(c3ccc(C#N)cc3)CC2)cc1N.Cc1cc(C)c(C(=O)O)cc1N.N#Cc1ccc(C2(F)CCNCC2)cc1. The van der Waals surface area contributed by atoms with Crippen molar-refractivity contribution in [2.75, 3.05) is 37.6 Å². The van der Waals surface area contributed by atoms with Crippen LogP contribution in [-0.2, 0) is 11.3 Å². The Kier molecular flexibility index (Phi) is 14.5. The number of piperidine rings is 2. The number of benzene rings is 4. The molecule has 0 spiro atoms. The Morgan fingerprint density at radius 1 is 0.685 bits per heavy atom. The van der Waals surface area contributed by atoms with Crippen LogP contribution in [0.15, 0.2) is 72.8 Å². The van der Waals surface area contributed by atoms with Gasteiger partial charge in [-0.15, -0.1) is 0 Å². The van der Waals surface area contributed by atoms with Gasteiger partial charge in [-0.1, -0.05) is 43.8 Å². The number of hydrogen-bond donors (Lipinski definition) is 4. The first-order valence-electron chi connectivity index (χ1n) is 17.5. The molecule has 2 saturated heterocycles. The predicted octanol–water partition coefficient (Wildman–Crippen LogP) is 8.18. The van der Waals surface area contributed by atoms with Gasteiger partial charge in [0.1, 0.15) is 11.3 Å². The molecule has 11 heteroatoms. The minimum Gasteiger partial charge on any atom is -0.478 e. The van der Waals surface area contributed by atoms with Crippen LogP contribution in [0.2, 0.25) is 0 Å². The van der Waals surface area contributed by atoms with Crippen LogP contribution in [0.3, 0.4) is 0 Å². The normalized spacial score (nSPS) is 15.4. The van der Waals surface area contributed by atoms with E-state index in [1.165, 1.54) is 6.07 Å². The molecule has 1 amide bonds. The zero-order valence-corrected chi connectivity index (χ0v) is 30.6. The van der Waals surface area contributed by atoms with Gasteiger partial charge in [0, 0.05) is 42.9 Å². The van der Waals surface area contributed by atoms with E-state index >= 15 is 4.39 Å². The second kappa shape index (κ2) is 18.3. The number of amides is 1. The van der Waals surface area contributed by atoms with Crippen LogP contribution < -0.4 is 16.8 Å². The first-order valence-corrected chi connectivity index (χ1v) is 17.5. The maximum absolute atomic E-state index is 15.3. The Morgan fingerprint density at radius 3 is 1.48 bits per heavy atom. The Labute approximate surface area is 317 Å². The number of carboxylic acids is 1. The number of carboxylic acid groups (broad SMARTS) is 1. The number of nitrogens with zero attached hydrogens (tertiary/aromatic N) is 3. The van der Waals surface area contributed by atoms with Gasteiger partial charge in [-0.05, 0) is 123 Å². The van der Waals surface area contributed by atoms with Gasteiger partial charge in [-0.25, -0.2) is 13.6 Å². The molecule has 4 aromatic carbocycles. The minimum atomic E-state index is -1.47. The number of alkyl halides is 2. The van der Waals surface area contributed by atoms with Crippen molar-refractivity contribution in [3.8, 4) is 12.1 Å². The lowest BCUT2D eigenvalue weighted by Gasteiger charge is -2.37. The number of rotatable bonds is 4. The number of anilines is 2. The fourth-order valence-electron chi connectivity index (χ4n) is 6.52. The number of carbonyl (C=O) groups is 2. The Balaban J connectivity index is 0.000000237. The fourth-order valence-corrected chi connectivity index (χ4v) is 6.52. The smallest absolute Gasteiger partial charge is 0.336 e. The highest BCUT2D eigenvalue weighted by Gasteiger charge is 2.38. The number of nitrogens with one attached hydrogen (secondary N) is 1. The quantitative estimate of drug-likeness (QED) is 0.152. The second-order valence-corrected chi connectivity index (χ2v) is 13.7. The van der Waals surface area contributed by atoms with Crippen molar-refractivity contribution in [3.05, 3.63) is 128 Å². The zero-order chi connectivity index (χ0) is 38.9. The standard InChI is InChI=1S/C21H22FN3O.C12H13FN2.C9H11NO2.CH4/c1-14-11-15(2)19(24)12-18(14)20(26)25-9-7-21(22,8-10-25)17-5-3-16(13-23)4-6-17;13-12(5-7-15-8-6-12)11-3-1-10(9-14)2-4-11;1-5-3-6(2)8(10)4-7(5)9(11)12;/h3-6,11-12H,7-10,24H2,1-2H3;1-4,15H,5-8H2;3-4H,10H2,1-2H3,(H,11,12);1H4. The van der Waals surface area contributed by atoms with Crippen LogP contribution in [-0.4, -0.2) is 48.1 Å². The van der Waals surface area contributed by atoms with Gasteiger partial charge < -0.3 is 26.8 Å². The van der Waals surface area contributed by atoms with E-state index in [4.69, 9.17) is 27.1 Å². The third kappa shape index (κ3) is 10.2. The van der Waals surface area contributed by atoms with Crippen LogP contribution >= 0.6 is 0 Å². The fraction of sp³-hybridized carbons (Fsp3) is 0.349. The summed E-state index contributed by atoms with van der Waals surface area (Å²) in [6, 6.07) is 24.4. The maximum atomic E-state index is 15.3. The zero-order valence-electron chi connectivity index (χ0n) is 30.6. The van der Waals surface area contributed by atoms with E-state index in [9.17, 15) is 14.0 Å². The van der Waals surface area contributed by atoms with Gasteiger partial charge in [0.25, 0.3) is 5.91 Å². The molecule has 0 unspecified atom stereocenters. The van der Waals surface area contributed by atoms with Gasteiger partial charge in [0.05, 0.1) is 28.8 Å². The number of hydrogen-bond acceptors (Lipinski definition) is 7. The summed E-state index contributed by atoms with van der Waals surface area (Å²) >= 11 is 0. The van der Waals surface area contributed by atoms with Crippen LogP contribution in [0.1, 0.15) is 98.3 Å². The third-order valence-corrected chi connectivity index (χ3v) is 9.99. The van der Waals surface area contributed by atoms with Crippen LogP contribution in [0.5, 0.6) is 0 Å². The number of nitrogens with two attached hydrogens (primary N) is 2. The highest BCUT2D eigenvalue weighted by atomic mass is 19.1. The van der Waals surface area contributed by atoms with Crippen molar-refractivity contribution < 1.29 is 23.5 Å². The summed E-state index contributed by atoms with van der Waals surface area (Å²) in [5.74, 6) is -1.03. The lowest BCUT2D eigenvalue weighted by molar-refractivity contribution is 0.0420. The van der Waals surface area contributed by atoms with Crippen molar-refractivity contribution >= 4 is 23.3 Å². The predicted molar refractivity (Wildman–Crippen MR) is 209 cm³/mol. The van der Waals surface area contributed by atoms with E-state index in [2.05, 4.69) is 5.32 Å². The van der Waals surface area contributed by atoms with Crippen molar-refractivity contribution in [2.24, 2.45) is 0 Å². The number of aryl methyl sites for hydroxylation is 4.